The summed E-state index contributed by atoms with van der Waals surface area (Å²) >= 11 is 6.72. The van der Waals surface area contributed by atoms with E-state index in [0.717, 1.165) is 11.8 Å². The van der Waals surface area contributed by atoms with Crippen LogP contribution in [0.1, 0.15) is 5.69 Å². The van der Waals surface area contributed by atoms with Crippen molar-refractivity contribution >= 4 is 29.1 Å². The van der Waals surface area contributed by atoms with Gasteiger partial charge in [-0.2, -0.15) is 0 Å². The van der Waals surface area contributed by atoms with Crippen molar-refractivity contribution in [2.24, 2.45) is 0 Å². The predicted molar refractivity (Wildman–Crippen MR) is 64.6 cm³/mol. The fraction of sp³-hybridized carbons (Fsp3) is 0.111. The molecule has 0 bridgehead atoms. The maximum Gasteiger partial charge on any atom is 0.322 e. The van der Waals surface area contributed by atoms with Crippen molar-refractivity contribution in [1.29, 1.82) is 0 Å². The molecule has 0 atom stereocenters. The molecule has 0 unspecified atom stereocenters. The molecule has 0 saturated carbocycles. The molecular formula is C9H6ClN5O2S. The zero-order valence-electron chi connectivity index (χ0n) is 9.07. The van der Waals surface area contributed by atoms with E-state index in [9.17, 15) is 10.1 Å². The first-order valence-corrected chi connectivity index (χ1v) is 5.90. The predicted octanol–water partition coefficient (Wildman–Crippen LogP) is 2.29. The summed E-state index contributed by atoms with van der Waals surface area (Å²) in [5.74, 6) is 0. The minimum absolute atomic E-state index is 0.0375. The van der Waals surface area contributed by atoms with Crippen LogP contribution in [0.15, 0.2) is 28.6 Å². The molecule has 0 spiro atoms. The molecule has 2 rings (SSSR count). The van der Waals surface area contributed by atoms with E-state index >= 15 is 0 Å². The number of halogens is 1. The molecule has 0 saturated heterocycles. The van der Waals surface area contributed by atoms with Crippen molar-refractivity contribution < 1.29 is 4.92 Å². The van der Waals surface area contributed by atoms with Crippen LogP contribution in [-0.2, 0) is 0 Å². The maximum absolute atomic E-state index is 11.0. The Hall–Kier alpha value is -1.80. The number of hydrogen-bond acceptors (Lipinski definition) is 7. The summed E-state index contributed by atoms with van der Waals surface area (Å²) in [6.45, 7) is 1.51. The molecule has 0 aromatic carbocycles. The molecular weight excluding hydrogens is 278 g/mol. The third kappa shape index (κ3) is 2.71. The molecule has 0 aliphatic heterocycles. The van der Waals surface area contributed by atoms with Crippen molar-refractivity contribution in [2.45, 2.75) is 17.0 Å². The highest BCUT2D eigenvalue weighted by Crippen LogP contribution is 2.33. The first-order chi connectivity index (χ1) is 8.58. The normalized spacial score (nSPS) is 10.3. The highest BCUT2D eigenvalue weighted by Gasteiger charge is 2.22. The quantitative estimate of drug-likeness (QED) is 0.369. The van der Waals surface area contributed by atoms with E-state index in [1.165, 1.54) is 25.5 Å². The van der Waals surface area contributed by atoms with E-state index in [1.807, 2.05) is 0 Å². The molecule has 0 fully saturated rings. The van der Waals surface area contributed by atoms with Gasteiger partial charge in [-0.15, -0.1) is 0 Å². The van der Waals surface area contributed by atoms with E-state index in [0.29, 0.717) is 5.03 Å². The second-order valence-electron chi connectivity index (χ2n) is 3.13. The zero-order valence-corrected chi connectivity index (χ0v) is 10.6. The van der Waals surface area contributed by atoms with Gasteiger partial charge < -0.3 is 0 Å². The largest absolute Gasteiger partial charge is 0.322 e. The Labute approximate surface area is 111 Å². The second kappa shape index (κ2) is 5.23. The Morgan fingerprint density at radius 1 is 1.39 bits per heavy atom. The van der Waals surface area contributed by atoms with E-state index in [4.69, 9.17) is 11.6 Å². The fourth-order valence-corrected chi connectivity index (χ4v) is 2.36. The van der Waals surface area contributed by atoms with Crippen molar-refractivity contribution in [3.8, 4) is 0 Å². The van der Waals surface area contributed by atoms with Crippen LogP contribution in [-0.4, -0.2) is 24.9 Å². The third-order valence-electron chi connectivity index (χ3n) is 1.92. The van der Waals surface area contributed by atoms with Gasteiger partial charge in [0.1, 0.15) is 10.7 Å². The number of nitro groups is 1. The SMILES string of the molecule is Cc1nc(Cl)nc(Sc2cnccn2)c1[N+](=O)[O-]. The zero-order chi connectivity index (χ0) is 13.1. The summed E-state index contributed by atoms with van der Waals surface area (Å²) in [6, 6.07) is 0. The molecule has 2 heterocycles. The van der Waals surface area contributed by atoms with Gasteiger partial charge in [-0.1, -0.05) is 0 Å². The van der Waals surface area contributed by atoms with Gasteiger partial charge in [0.2, 0.25) is 5.28 Å². The molecule has 2 aromatic heterocycles. The molecule has 92 valence electrons. The first-order valence-electron chi connectivity index (χ1n) is 4.70. The second-order valence-corrected chi connectivity index (χ2v) is 4.48. The molecule has 7 nitrogen and oxygen atoms in total. The van der Waals surface area contributed by atoms with Gasteiger partial charge in [0, 0.05) is 12.4 Å². The van der Waals surface area contributed by atoms with Gasteiger partial charge in [-0.3, -0.25) is 15.1 Å². The first kappa shape index (κ1) is 12.7. The van der Waals surface area contributed by atoms with Crippen LogP contribution in [0.2, 0.25) is 5.28 Å². The molecule has 0 radical (unpaired) electrons. The Bertz CT molecular complexity index is 595. The van der Waals surface area contributed by atoms with Crippen LogP contribution in [0.5, 0.6) is 0 Å². The Morgan fingerprint density at radius 3 is 2.78 bits per heavy atom. The Morgan fingerprint density at radius 2 is 2.17 bits per heavy atom. The van der Waals surface area contributed by atoms with Crippen molar-refractivity contribution in [1.82, 2.24) is 19.9 Å². The van der Waals surface area contributed by atoms with Gasteiger partial charge in [0.05, 0.1) is 11.1 Å². The number of rotatable bonds is 3. The highest BCUT2D eigenvalue weighted by atomic mass is 35.5. The van der Waals surface area contributed by atoms with Gasteiger partial charge in [-0.25, -0.2) is 15.0 Å². The minimum atomic E-state index is -0.537. The standard InChI is InChI=1S/C9H6ClN5O2S/c1-5-7(15(16)17)8(14-9(10)13-5)18-6-4-11-2-3-12-6/h2-4H,1H3. The van der Waals surface area contributed by atoms with Crippen LogP contribution in [0.3, 0.4) is 0 Å². The molecule has 0 amide bonds. The van der Waals surface area contributed by atoms with E-state index in [2.05, 4.69) is 19.9 Å². The van der Waals surface area contributed by atoms with Crippen LogP contribution in [0.4, 0.5) is 5.69 Å². The van der Waals surface area contributed by atoms with Crippen LogP contribution in [0.25, 0.3) is 0 Å². The number of nitrogens with zero attached hydrogens (tertiary/aromatic N) is 5. The average molecular weight is 284 g/mol. The summed E-state index contributed by atoms with van der Waals surface area (Å²) in [4.78, 5) is 25.9. The summed E-state index contributed by atoms with van der Waals surface area (Å²) in [5, 5.41) is 11.6. The lowest BCUT2D eigenvalue weighted by molar-refractivity contribution is -0.389. The summed E-state index contributed by atoms with van der Waals surface area (Å²) in [5.41, 5.74) is 0.0430. The lowest BCUT2D eigenvalue weighted by Gasteiger charge is -2.03. The van der Waals surface area contributed by atoms with Crippen molar-refractivity contribution in [3.05, 3.63) is 39.7 Å². The minimum Gasteiger partial charge on any atom is -0.260 e. The van der Waals surface area contributed by atoms with Crippen LogP contribution >= 0.6 is 23.4 Å². The van der Waals surface area contributed by atoms with Gasteiger partial charge >= 0.3 is 5.69 Å². The molecule has 18 heavy (non-hydrogen) atoms. The topological polar surface area (TPSA) is 94.7 Å². The monoisotopic (exact) mass is 283 g/mol. The number of hydrogen-bond donors (Lipinski definition) is 0. The van der Waals surface area contributed by atoms with E-state index in [1.54, 1.807) is 0 Å². The third-order valence-corrected chi connectivity index (χ3v) is 2.99. The summed E-state index contributed by atoms with van der Waals surface area (Å²) in [6.07, 6.45) is 4.49. The Balaban J connectivity index is 2.46. The van der Waals surface area contributed by atoms with Crippen molar-refractivity contribution in [2.75, 3.05) is 0 Å². The Kier molecular flexibility index (Phi) is 3.68. The van der Waals surface area contributed by atoms with Gasteiger partial charge in [0.15, 0.2) is 5.03 Å². The molecule has 0 N–H and O–H groups in total. The van der Waals surface area contributed by atoms with Gasteiger partial charge in [0.25, 0.3) is 0 Å². The average Bonchev–Trinajstić information content (AvgIpc) is 2.28. The molecule has 0 aliphatic rings. The van der Waals surface area contributed by atoms with Crippen LogP contribution in [0, 0.1) is 17.0 Å². The lowest BCUT2D eigenvalue weighted by Crippen LogP contribution is -2.00. The van der Waals surface area contributed by atoms with E-state index < -0.39 is 4.92 Å². The van der Waals surface area contributed by atoms with Gasteiger partial charge in [-0.05, 0) is 30.3 Å². The number of aromatic nitrogens is 4. The molecule has 0 aliphatic carbocycles. The summed E-state index contributed by atoms with van der Waals surface area (Å²) < 4.78 is 0. The smallest absolute Gasteiger partial charge is 0.260 e. The highest BCUT2D eigenvalue weighted by molar-refractivity contribution is 7.99. The number of aryl methyl sites for hydroxylation is 1. The van der Waals surface area contributed by atoms with Crippen molar-refractivity contribution in [3.63, 3.8) is 0 Å². The molecule has 9 heteroatoms. The lowest BCUT2D eigenvalue weighted by atomic mass is 10.4. The van der Waals surface area contributed by atoms with E-state index in [-0.39, 0.29) is 21.7 Å². The summed E-state index contributed by atoms with van der Waals surface area (Å²) in [7, 11) is 0. The fourth-order valence-electron chi connectivity index (χ4n) is 1.23. The van der Waals surface area contributed by atoms with Crippen LogP contribution < -0.4 is 0 Å². The molecule has 2 aromatic rings. The maximum atomic E-state index is 11.0.